The smallest absolute Gasteiger partial charge is 0.294 e. The number of thiazole rings is 1. The maximum Gasteiger partial charge on any atom is 0.294 e. The predicted octanol–water partition coefficient (Wildman–Crippen LogP) is 4.64. The van der Waals surface area contributed by atoms with Crippen molar-refractivity contribution < 1.29 is 27.0 Å². The van der Waals surface area contributed by atoms with Crippen molar-refractivity contribution in [3.63, 3.8) is 0 Å². The average molecular weight is 664 g/mol. The van der Waals surface area contributed by atoms with Gasteiger partial charge in [0.1, 0.15) is 29.4 Å². The van der Waals surface area contributed by atoms with Crippen molar-refractivity contribution in [2.24, 2.45) is 0 Å². The number of ether oxygens (including phenoxy) is 3. The summed E-state index contributed by atoms with van der Waals surface area (Å²) in [6.07, 6.45) is 1.78. The molecular formula is C29H25N7O6S3. The van der Waals surface area contributed by atoms with Crippen molar-refractivity contribution in [3.05, 3.63) is 65.3 Å². The molecule has 4 aromatic heterocycles. The summed E-state index contributed by atoms with van der Waals surface area (Å²) in [7, 11) is -0.495. The second-order valence-corrected chi connectivity index (χ2v) is 13.7. The molecule has 1 aliphatic heterocycles. The van der Waals surface area contributed by atoms with E-state index >= 15 is 0 Å². The van der Waals surface area contributed by atoms with E-state index in [0.717, 1.165) is 16.2 Å². The molecular weight excluding hydrogens is 639 g/mol. The molecule has 1 saturated heterocycles. The Labute approximate surface area is 265 Å². The summed E-state index contributed by atoms with van der Waals surface area (Å²) in [6, 6.07) is 13.5. The Morgan fingerprint density at radius 1 is 1.04 bits per heavy atom. The van der Waals surface area contributed by atoms with Crippen LogP contribution in [0, 0.1) is 11.3 Å². The van der Waals surface area contributed by atoms with Gasteiger partial charge in [0, 0.05) is 43.7 Å². The number of aromatic nitrogens is 4. The van der Waals surface area contributed by atoms with Gasteiger partial charge >= 0.3 is 0 Å². The number of furan rings is 1. The van der Waals surface area contributed by atoms with Gasteiger partial charge in [0.15, 0.2) is 10.9 Å². The van der Waals surface area contributed by atoms with Crippen LogP contribution in [0.2, 0.25) is 0 Å². The zero-order valence-corrected chi connectivity index (χ0v) is 26.5. The van der Waals surface area contributed by atoms with Gasteiger partial charge < -0.3 is 23.5 Å². The quantitative estimate of drug-likeness (QED) is 0.213. The van der Waals surface area contributed by atoms with E-state index in [-0.39, 0.29) is 11.5 Å². The minimum atomic E-state index is -3.64. The lowest BCUT2D eigenvalue weighted by atomic mass is 10.2. The summed E-state index contributed by atoms with van der Waals surface area (Å²) >= 11 is 2.82. The highest BCUT2D eigenvalue weighted by Gasteiger charge is 2.29. The molecule has 0 unspecified atom stereocenters. The SMILES string of the molecule is COc1cc(OCc2csc(N3CCN(S(=O)(=O)c4ccc(C#N)cc4)CC3)n2)c2cc(-c3cn4nc(OC)sc4n3)oc2c1. The number of methoxy groups -OCH3 is 2. The maximum absolute atomic E-state index is 13.1. The highest BCUT2D eigenvalue weighted by atomic mass is 32.2. The number of piperazine rings is 1. The molecule has 13 nitrogen and oxygen atoms in total. The molecule has 2 aromatic carbocycles. The van der Waals surface area contributed by atoms with E-state index in [2.05, 4.69) is 15.0 Å². The molecule has 16 heteroatoms. The Morgan fingerprint density at radius 3 is 2.56 bits per heavy atom. The number of nitrogens with zero attached hydrogens (tertiary/aromatic N) is 7. The number of nitriles is 1. The summed E-state index contributed by atoms with van der Waals surface area (Å²) in [5, 5.41) is 17.3. The first-order chi connectivity index (χ1) is 21.8. The highest BCUT2D eigenvalue weighted by molar-refractivity contribution is 7.89. The van der Waals surface area contributed by atoms with Crippen molar-refractivity contribution in [2.75, 3.05) is 45.3 Å². The second-order valence-electron chi connectivity index (χ2n) is 10.0. The fraction of sp³-hybridized carbons (Fsp3) is 0.241. The van der Waals surface area contributed by atoms with E-state index in [1.165, 1.54) is 51.2 Å². The standard InChI is InChI=1S/C29H25N7O6S3/c1-39-20-11-24(22-13-26(42-25(22)12-20)23-15-36-28(32-23)44-29(33-36)40-2)41-16-19-17-43-27(31-19)34-7-9-35(10-8-34)45(37,38)21-5-3-18(14-30)4-6-21/h3-6,11-13,15,17H,7-10,16H2,1-2H3. The van der Waals surface area contributed by atoms with Gasteiger partial charge in [-0.15, -0.1) is 16.4 Å². The Morgan fingerprint density at radius 2 is 1.84 bits per heavy atom. The van der Waals surface area contributed by atoms with E-state index in [4.69, 9.17) is 28.9 Å². The molecule has 45 heavy (non-hydrogen) atoms. The van der Waals surface area contributed by atoms with Crippen LogP contribution in [0.15, 0.2) is 63.4 Å². The number of sulfonamides is 1. The van der Waals surface area contributed by atoms with Gasteiger partial charge in [-0.25, -0.2) is 22.9 Å². The van der Waals surface area contributed by atoms with Crippen LogP contribution in [0.25, 0.3) is 27.4 Å². The van der Waals surface area contributed by atoms with Crippen LogP contribution in [0.5, 0.6) is 16.7 Å². The van der Waals surface area contributed by atoms with Crippen molar-refractivity contribution in [2.45, 2.75) is 11.5 Å². The fourth-order valence-electron chi connectivity index (χ4n) is 4.96. The van der Waals surface area contributed by atoms with E-state index < -0.39 is 10.0 Å². The van der Waals surface area contributed by atoms with Crippen molar-refractivity contribution in [3.8, 4) is 34.2 Å². The van der Waals surface area contributed by atoms with E-state index in [9.17, 15) is 8.42 Å². The Balaban J connectivity index is 1.03. The van der Waals surface area contributed by atoms with Gasteiger partial charge in [0.25, 0.3) is 5.19 Å². The molecule has 6 aromatic rings. The van der Waals surface area contributed by atoms with Gasteiger partial charge in [0.05, 0.1) is 48.0 Å². The average Bonchev–Trinajstić information content (AvgIpc) is 3.86. The van der Waals surface area contributed by atoms with Crippen molar-refractivity contribution >= 4 is 53.8 Å². The number of hydrogen-bond acceptors (Lipinski definition) is 13. The molecule has 0 radical (unpaired) electrons. The number of anilines is 1. The maximum atomic E-state index is 13.1. The zero-order chi connectivity index (χ0) is 31.1. The minimum absolute atomic E-state index is 0.183. The lowest BCUT2D eigenvalue weighted by molar-refractivity contribution is 0.303. The monoisotopic (exact) mass is 663 g/mol. The first kappa shape index (κ1) is 29.0. The van der Waals surface area contributed by atoms with Crippen LogP contribution in [0.4, 0.5) is 5.13 Å². The molecule has 7 rings (SSSR count). The molecule has 0 N–H and O–H groups in total. The summed E-state index contributed by atoms with van der Waals surface area (Å²) in [5.41, 5.74) is 2.39. The lowest BCUT2D eigenvalue weighted by Gasteiger charge is -2.33. The van der Waals surface area contributed by atoms with Crippen molar-refractivity contribution in [1.82, 2.24) is 23.9 Å². The summed E-state index contributed by atoms with van der Waals surface area (Å²) in [5.74, 6) is 1.73. The predicted molar refractivity (Wildman–Crippen MR) is 168 cm³/mol. The third-order valence-electron chi connectivity index (χ3n) is 7.31. The fourth-order valence-corrected chi connectivity index (χ4v) is 7.94. The van der Waals surface area contributed by atoms with Crippen LogP contribution in [0.3, 0.4) is 0 Å². The lowest BCUT2D eigenvalue weighted by Crippen LogP contribution is -2.48. The Bertz CT molecular complexity index is 2120. The van der Waals surface area contributed by atoms with Gasteiger partial charge in [-0.3, -0.25) is 0 Å². The Hall–Kier alpha value is -4.69. The first-order valence-corrected chi connectivity index (χ1v) is 16.8. The van der Waals surface area contributed by atoms with E-state index in [0.29, 0.717) is 70.4 Å². The summed E-state index contributed by atoms with van der Waals surface area (Å²) in [6.45, 7) is 1.89. The van der Waals surface area contributed by atoms with Crippen LogP contribution < -0.4 is 19.1 Å². The molecule has 0 amide bonds. The summed E-state index contributed by atoms with van der Waals surface area (Å²) in [4.78, 5) is 12.3. The van der Waals surface area contributed by atoms with Crippen LogP contribution in [-0.4, -0.2) is 72.7 Å². The van der Waals surface area contributed by atoms with Crippen LogP contribution in [-0.2, 0) is 16.6 Å². The number of rotatable bonds is 9. The topological polar surface area (TPSA) is 148 Å². The normalized spacial score (nSPS) is 14.2. The van der Waals surface area contributed by atoms with Gasteiger partial charge in [-0.05, 0) is 41.7 Å². The molecule has 0 bridgehead atoms. The number of benzene rings is 2. The molecule has 1 fully saturated rings. The molecule has 230 valence electrons. The van der Waals surface area contributed by atoms with Gasteiger partial charge in [0.2, 0.25) is 15.0 Å². The number of hydrogen-bond donors (Lipinski definition) is 0. The zero-order valence-electron chi connectivity index (χ0n) is 24.0. The first-order valence-electron chi connectivity index (χ1n) is 13.7. The second kappa shape index (κ2) is 11.7. The highest BCUT2D eigenvalue weighted by Crippen LogP contribution is 2.38. The molecule has 1 aliphatic rings. The van der Waals surface area contributed by atoms with Crippen LogP contribution >= 0.6 is 22.7 Å². The minimum Gasteiger partial charge on any atom is -0.496 e. The Kier molecular flexibility index (Phi) is 7.53. The largest absolute Gasteiger partial charge is 0.496 e. The molecule has 0 aliphatic carbocycles. The molecule has 5 heterocycles. The van der Waals surface area contributed by atoms with Crippen molar-refractivity contribution in [1.29, 1.82) is 5.26 Å². The van der Waals surface area contributed by atoms with Gasteiger partial charge in [-0.2, -0.15) is 9.57 Å². The van der Waals surface area contributed by atoms with E-state index in [1.807, 2.05) is 17.5 Å². The molecule has 0 saturated carbocycles. The molecule has 0 atom stereocenters. The van der Waals surface area contributed by atoms with E-state index in [1.54, 1.807) is 37.1 Å². The molecule has 0 spiro atoms. The summed E-state index contributed by atoms with van der Waals surface area (Å²) < 4.78 is 52.3. The van der Waals surface area contributed by atoms with Gasteiger partial charge in [-0.1, -0.05) is 0 Å². The third kappa shape index (κ3) is 5.55. The number of imidazole rings is 1. The number of fused-ring (bicyclic) bond motifs is 2. The third-order valence-corrected chi connectivity index (χ3v) is 11.1. The van der Waals surface area contributed by atoms with Crippen LogP contribution in [0.1, 0.15) is 11.3 Å².